The molecular formula is C19H27NO5. The van der Waals surface area contributed by atoms with E-state index < -0.39 is 23.5 Å². The van der Waals surface area contributed by atoms with E-state index in [0.717, 1.165) is 12.0 Å². The molecule has 6 nitrogen and oxygen atoms in total. The number of carbonyl (C=O) groups excluding carboxylic acids is 2. The van der Waals surface area contributed by atoms with Crippen LogP contribution in [0.2, 0.25) is 0 Å². The molecular weight excluding hydrogens is 322 g/mol. The molecule has 6 heteroatoms. The molecule has 0 heterocycles. The maximum Gasteiger partial charge on any atom is 0.514 e. The normalized spacial score (nSPS) is 19.8. The van der Waals surface area contributed by atoms with Crippen LogP contribution in [-0.4, -0.2) is 29.5 Å². The maximum absolute atomic E-state index is 11.8. The van der Waals surface area contributed by atoms with Crippen LogP contribution in [0.15, 0.2) is 24.3 Å². The van der Waals surface area contributed by atoms with Crippen molar-refractivity contribution in [1.82, 2.24) is 5.32 Å². The number of nitrogens with one attached hydrogen (secondary N) is 1. The zero-order chi connectivity index (χ0) is 18.8. The van der Waals surface area contributed by atoms with Gasteiger partial charge in [0.25, 0.3) is 0 Å². The molecule has 1 fully saturated rings. The summed E-state index contributed by atoms with van der Waals surface area (Å²) in [6.07, 6.45) is -0.320. The lowest BCUT2D eigenvalue weighted by Crippen LogP contribution is -2.34. The molecule has 0 bridgehead atoms. The molecule has 0 unspecified atom stereocenters. The van der Waals surface area contributed by atoms with Crippen LogP contribution in [0, 0.1) is 0 Å². The number of hydrogen-bond acceptors (Lipinski definition) is 5. The van der Waals surface area contributed by atoms with Crippen molar-refractivity contribution in [2.45, 2.75) is 71.1 Å². The fraction of sp³-hybridized carbons (Fsp3) is 0.579. The summed E-state index contributed by atoms with van der Waals surface area (Å²) >= 11 is 0. The van der Waals surface area contributed by atoms with Crippen molar-refractivity contribution in [3.8, 4) is 5.75 Å². The van der Waals surface area contributed by atoms with E-state index in [1.165, 1.54) is 0 Å². The fourth-order valence-corrected chi connectivity index (χ4v) is 2.36. The zero-order valence-electron chi connectivity index (χ0n) is 15.7. The number of ether oxygens (including phenoxy) is 3. The average Bonchev–Trinajstić information content (AvgIpc) is 3.13. The smallest absolute Gasteiger partial charge is 0.444 e. The third-order valence-electron chi connectivity index (χ3n) is 3.37. The first-order chi connectivity index (χ1) is 11.4. The zero-order valence-corrected chi connectivity index (χ0v) is 15.7. The van der Waals surface area contributed by atoms with Crippen LogP contribution in [0.5, 0.6) is 5.75 Å². The lowest BCUT2D eigenvalue weighted by atomic mass is 10.1. The maximum atomic E-state index is 11.8. The van der Waals surface area contributed by atoms with Crippen LogP contribution in [0.4, 0.5) is 9.59 Å². The Kier molecular flexibility index (Phi) is 5.30. The molecule has 0 spiro atoms. The molecule has 1 amide bonds. The van der Waals surface area contributed by atoms with Gasteiger partial charge in [-0.1, -0.05) is 12.1 Å². The number of benzene rings is 1. The van der Waals surface area contributed by atoms with E-state index >= 15 is 0 Å². The minimum atomic E-state index is -0.733. The van der Waals surface area contributed by atoms with E-state index in [0.29, 0.717) is 5.75 Å². The standard InChI is InChI=1S/C19H27NO5/c1-18(2,3)24-16(21)20-15-11-14(15)12-8-7-9-13(10-12)23-17(22)25-19(4,5)6/h7-10,14-15H,11H2,1-6H3,(H,20,21)/t14-,15+/m0/s1. The van der Waals surface area contributed by atoms with Crippen LogP contribution < -0.4 is 10.1 Å². The van der Waals surface area contributed by atoms with Gasteiger partial charge in [-0.25, -0.2) is 9.59 Å². The topological polar surface area (TPSA) is 73.9 Å². The van der Waals surface area contributed by atoms with E-state index in [-0.39, 0.29) is 12.0 Å². The molecule has 2 atom stereocenters. The van der Waals surface area contributed by atoms with E-state index in [1.807, 2.05) is 32.9 Å². The summed E-state index contributed by atoms with van der Waals surface area (Å²) in [6, 6.07) is 7.30. The van der Waals surface area contributed by atoms with Gasteiger partial charge in [0.1, 0.15) is 17.0 Å². The number of carbonyl (C=O) groups is 2. The third kappa shape index (κ3) is 6.64. The van der Waals surface area contributed by atoms with Crippen molar-refractivity contribution >= 4 is 12.2 Å². The van der Waals surface area contributed by atoms with Crippen LogP contribution >= 0.6 is 0 Å². The molecule has 0 saturated heterocycles. The molecule has 1 N–H and O–H groups in total. The predicted octanol–water partition coefficient (Wildman–Crippen LogP) is 4.38. The summed E-state index contributed by atoms with van der Waals surface area (Å²) in [5.41, 5.74) is -0.120. The third-order valence-corrected chi connectivity index (χ3v) is 3.37. The number of alkyl carbamates (subject to hydrolysis) is 1. The molecule has 25 heavy (non-hydrogen) atoms. The van der Waals surface area contributed by atoms with Crippen molar-refractivity contribution in [3.05, 3.63) is 29.8 Å². The first-order valence-electron chi connectivity index (χ1n) is 8.43. The largest absolute Gasteiger partial charge is 0.514 e. The van der Waals surface area contributed by atoms with Gasteiger partial charge in [-0.2, -0.15) is 0 Å². The van der Waals surface area contributed by atoms with Crippen molar-refractivity contribution in [1.29, 1.82) is 0 Å². The van der Waals surface area contributed by atoms with Gasteiger partial charge in [-0.05, 0) is 65.7 Å². The van der Waals surface area contributed by atoms with Gasteiger partial charge in [0.15, 0.2) is 0 Å². The second-order valence-electron chi connectivity index (χ2n) is 8.23. The summed E-state index contributed by atoms with van der Waals surface area (Å²) in [5, 5.41) is 2.86. The number of rotatable bonds is 3. The SMILES string of the molecule is CC(C)(C)OC(=O)N[C@@H]1C[C@H]1c1cccc(OC(=O)OC(C)(C)C)c1. The van der Waals surface area contributed by atoms with Gasteiger partial charge in [0, 0.05) is 12.0 Å². The summed E-state index contributed by atoms with van der Waals surface area (Å²) < 4.78 is 15.6. The molecule has 1 saturated carbocycles. The molecule has 138 valence electrons. The minimum Gasteiger partial charge on any atom is -0.444 e. The first-order valence-corrected chi connectivity index (χ1v) is 8.43. The van der Waals surface area contributed by atoms with Gasteiger partial charge in [-0.3, -0.25) is 0 Å². The molecule has 1 aliphatic rings. The summed E-state index contributed by atoms with van der Waals surface area (Å²) in [5.74, 6) is 0.615. The van der Waals surface area contributed by atoms with Gasteiger partial charge >= 0.3 is 12.2 Å². The summed E-state index contributed by atoms with van der Waals surface area (Å²) in [7, 11) is 0. The Balaban J connectivity index is 1.90. The Morgan fingerprint density at radius 3 is 2.28 bits per heavy atom. The molecule has 1 aromatic carbocycles. The predicted molar refractivity (Wildman–Crippen MR) is 93.8 cm³/mol. The van der Waals surface area contributed by atoms with Gasteiger partial charge < -0.3 is 19.5 Å². The molecule has 2 rings (SSSR count). The second-order valence-corrected chi connectivity index (χ2v) is 8.23. The van der Waals surface area contributed by atoms with Gasteiger partial charge in [0.05, 0.1) is 0 Å². The molecule has 0 radical (unpaired) electrons. The van der Waals surface area contributed by atoms with Crippen LogP contribution in [0.1, 0.15) is 59.4 Å². The highest BCUT2D eigenvalue weighted by Crippen LogP contribution is 2.41. The van der Waals surface area contributed by atoms with E-state index in [2.05, 4.69) is 5.32 Å². The Morgan fingerprint density at radius 2 is 1.68 bits per heavy atom. The minimum absolute atomic E-state index is 0.0339. The van der Waals surface area contributed by atoms with Crippen LogP contribution in [0.3, 0.4) is 0 Å². The highest BCUT2D eigenvalue weighted by atomic mass is 16.7. The van der Waals surface area contributed by atoms with Crippen molar-refractivity contribution in [3.63, 3.8) is 0 Å². The van der Waals surface area contributed by atoms with E-state index in [4.69, 9.17) is 14.2 Å². The Hall–Kier alpha value is -2.24. The molecule has 1 aliphatic carbocycles. The quantitative estimate of drug-likeness (QED) is 0.647. The monoisotopic (exact) mass is 349 g/mol. The highest BCUT2D eigenvalue weighted by Gasteiger charge is 2.40. The lowest BCUT2D eigenvalue weighted by molar-refractivity contribution is 0.0206. The molecule has 0 aliphatic heterocycles. The second kappa shape index (κ2) is 6.94. The van der Waals surface area contributed by atoms with Gasteiger partial charge in [-0.15, -0.1) is 0 Å². The van der Waals surface area contributed by atoms with Crippen LogP contribution in [-0.2, 0) is 9.47 Å². The average molecular weight is 349 g/mol. The van der Waals surface area contributed by atoms with Crippen LogP contribution in [0.25, 0.3) is 0 Å². The van der Waals surface area contributed by atoms with Crippen molar-refractivity contribution in [2.24, 2.45) is 0 Å². The number of amides is 1. The van der Waals surface area contributed by atoms with Gasteiger partial charge in [0.2, 0.25) is 0 Å². The molecule has 0 aromatic heterocycles. The summed E-state index contributed by atoms with van der Waals surface area (Å²) in [6.45, 7) is 10.8. The Morgan fingerprint density at radius 1 is 1.04 bits per heavy atom. The van der Waals surface area contributed by atoms with Crippen molar-refractivity contribution in [2.75, 3.05) is 0 Å². The number of hydrogen-bond donors (Lipinski definition) is 1. The highest BCUT2D eigenvalue weighted by molar-refractivity contribution is 5.69. The van der Waals surface area contributed by atoms with Crippen molar-refractivity contribution < 1.29 is 23.8 Å². The summed E-state index contributed by atoms with van der Waals surface area (Å²) in [4.78, 5) is 23.6. The Bertz CT molecular complexity index is 642. The van der Waals surface area contributed by atoms with E-state index in [1.54, 1.807) is 32.9 Å². The first kappa shape index (κ1) is 19.1. The lowest BCUT2D eigenvalue weighted by Gasteiger charge is -2.19. The fourth-order valence-electron chi connectivity index (χ4n) is 2.36. The van der Waals surface area contributed by atoms with E-state index in [9.17, 15) is 9.59 Å². The Labute approximate surface area is 148 Å². The molecule has 1 aromatic rings.